The summed E-state index contributed by atoms with van der Waals surface area (Å²) in [6.07, 6.45) is 0.968. The smallest absolute Gasteiger partial charge is 0.253 e. The number of H-pyrrole nitrogens is 1. The first-order chi connectivity index (χ1) is 11.1. The van der Waals surface area contributed by atoms with Crippen LogP contribution < -0.4 is 10.9 Å². The Morgan fingerprint density at radius 3 is 2.61 bits per heavy atom. The summed E-state index contributed by atoms with van der Waals surface area (Å²) in [6.45, 7) is 6.76. The Hall–Kier alpha value is -2.55. The highest BCUT2D eigenvalue weighted by molar-refractivity contribution is 5.83. The fraction of sp³-hybridized carbons (Fsp3) is 0.250. The molecule has 2 aromatic carbocycles. The quantitative estimate of drug-likeness (QED) is 0.754. The van der Waals surface area contributed by atoms with E-state index in [1.165, 1.54) is 11.1 Å². The monoisotopic (exact) mass is 306 g/mol. The fourth-order valence-corrected chi connectivity index (χ4v) is 2.89. The number of benzene rings is 2. The molecule has 1 aromatic heterocycles. The van der Waals surface area contributed by atoms with Crippen LogP contribution in [-0.4, -0.2) is 4.98 Å². The van der Waals surface area contributed by atoms with Crippen LogP contribution in [0.2, 0.25) is 0 Å². The van der Waals surface area contributed by atoms with Crippen LogP contribution in [0.3, 0.4) is 0 Å². The van der Waals surface area contributed by atoms with Crippen molar-refractivity contribution >= 4 is 16.6 Å². The molecule has 118 valence electrons. The van der Waals surface area contributed by atoms with Gasteiger partial charge in [0.2, 0.25) is 0 Å². The van der Waals surface area contributed by atoms with Crippen molar-refractivity contribution in [3.8, 4) is 0 Å². The predicted octanol–water partition coefficient (Wildman–Crippen LogP) is 4.32. The number of hydrogen-bond acceptors (Lipinski definition) is 2. The number of aromatic nitrogens is 1. The van der Waals surface area contributed by atoms with E-state index in [1.54, 1.807) is 0 Å². The Labute approximate surface area is 136 Å². The number of anilines is 1. The van der Waals surface area contributed by atoms with Gasteiger partial charge in [-0.05, 0) is 54.5 Å². The Bertz CT molecular complexity index is 909. The first kappa shape index (κ1) is 15.3. The molecule has 1 heterocycles. The second-order valence-corrected chi connectivity index (χ2v) is 5.96. The minimum absolute atomic E-state index is 0.0207. The number of aryl methyl sites for hydroxylation is 3. The molecule has 0 atom stereocenters. The molecule has 0 saturated carbocycles. The van der Waals surface area contributed by atoms with Crippen LogP contribution >= 0.6 is 0 Å². The van der Waals surface area contributed by atoms with Gasteiger partial charge >= 0.3 is 0 Å². The third-order valence-corrected chi connectivity index (χ3v) is 4.50. The van der Waals surface area contributed by atoms with Crippen LogP contribution in [0.1, 0.15) is 29.2 Å². The van der Waals surface area contributed by atoms with Gasteiger partial charge in [0.25, 0.3) is 5.56 Å². The third-order valence-electron chi connectivity index (χ3n) is 4.50. The second kappa shape index (κ2) is 6.29. The van der Waals surface area contributed by atoms with Gasteiger partial charge in [0.1, 0.15) is 0 Å². The minimum Gasteiger partial charge on any atom is -0.381 e. The van der Waals surface area contributed by atoms with E-state index in [0.29, 0.717) is 6.54 Å². The largest absolute Gasteiger partial charge is 0.381 e. The number of para-hydroxylation sites is 1. The Morgan fingerprint density at radius 1 is 1.04 bits per heavy atom. The molecular formula is C20H22N2O. The first-order valence-corrected chi connectivity index (χ1v) is 8.04. The molecule has 0 unspecified atom stereocenters. The molecular weight excluding hydrogens is 284 g/mol. The van der Waals surface area contributed by atoms with Crippen molar-refractivity contribution in [1.29, 1.82) is 0 Å². The maximum Gasteiger partial charge on any atom is 0.253 e. The molecule has 0 bridgehead atoms. The van der Waals surface area contributed by atoms with Crippen molar-refractivity contribution in [3.63, 3.8) is 0 Å². The molecule has 0 aliphatic heterocycles. The molecule has 0 aliphatic carbocycles. The topological polar surface area (TPSA) is 44.9 Å². The van der Waals surface area contributed by atoms with Crippen molar-refractivity contribution in [1.82, 2.24) is 4.98 Å². The number of rotatable bonds is 4. The highest BCUT2D eigenvalue weighted by Crippen LogP contribution is 2.20. The van der Waals surface area contributed by atoms with Crippen molar-refractivity contribution in [2.75, 3.05) is 5.32 Å². The number of aromatic amines is 1. The average molecular weight is 306 g/mol. The van der Waals surface area contributed by atoms with E-state index in [1.807, 2.05) is 25.1 Å². The predicted molar refractivity (Wildman–Crippen MR) is 97.2 cm³/mol. The summed E-state index contributed by atoms with van der Waals surface area (Å²) in [6, 6.07) is 14.4. The van der Waals surface area contributed by atoms with E-state index in [4.69, 9.17) is 0 Å². The lowest BCUT2D eigenvalue weighted by Crippen LogP contribution is -2.16. The highest BCUT2D eigenvalue weighted by Gasteiger charge is 2.07. The van der Waals surface area contributed by atoms with E-state index in [-0.39, 0.29) is 5.56 Å². The summed E-state index contributed by atoms with van der Waals surface area (Å²) < 4.78 is 0. The van der Waals surface area contributed by atoms with Gasteiger partial charge in [-0.2, -0.15) is 0 Å². The average Bonchev–Trinajstić information content (AvgIpc) is 2.57. The van der Waals surface area contributed by atoms with Gasteiger partial charge in [0.05, 0.1) is 5.52 Å². The standard InChI is InChI=1S/C20H22N2O/c1-4-15-7-5-6-8-18(15)21-12-17-11-16-10-9-13(2)14(3)19(16)22-20(17)23/h5-11,21H,4,12H2,1-3H3,(H,22,23). The molecule has 3 aromatic rings. The Kier molecular flexibility index (Phi) is 4.20. The summed E-state index contributed by atoms with van der Waals surface area (Å²) >= 11 is 0. The molecule has 0 amide bonds. The van der Waals surface area contributed by atoms with Gasteiger partial charge in [-0.1, -0.05) is 37.3 Å². The van der Waals surface area contributed by atoms with E-state index >= 15 is 0 Å². The lowest BCUT2D eigenvalue weighted by atomic mass is 10.0. The number of hydrogen-bond donors (Lipinski definition) is 2. The molecule has 0 spiro atoms. The van der Waals surface area contributed by atoms with Gasteiger partial charge in [0, 0.05) is 17.8 Å². The van der Waals surface area contributed by atoms with Crippen molar-refractivity contribution in [2.45, 2.75) is 33.7 Å². The van der Waals surface area contributed by atoms with Gasteiger partial charge in [-0.25, -0.2) is 0 Å². The van der Waals surface area contributed by atoms with Gasteiger partial charge in [-0.15, -0.1) is 0 Å². The molecule has 0 aliphatic rings. The molecule has 23 heavy (non-hydrogen) atoms. The molecule has 0 fully saturated rings. The lowest BCUT2D eigenvalue weighted by Gasteiger charge is -2.12. The number of pyridine rings is 1. The first-order valence-electron chi connectivity index (χ1n) is 8.04. The van der Waals surface area contributed by atoms with Crippen molar-refractivity contribution in [2.24, 2.45) is 0 Å². The van der Waals surface area contributed by atoms with Gasteiger partial charge in [0.15, 0.2) is 0 Å². The fourth-order valence-electron chi connectivity index (χ4n) is 2.89. The zero-order valence-corrected chi connectivity index (χ0v) is 13.9. The second-order valence-electron chi connectivity index (χ2n) is 5.96. The van der Waals surface area contributed by atoms with Crippen LogP contribution in [0, 0.1) is 13.8 Å². The molecule has 0 saturated heterocycles. The van der Waals surface area contributed by atoms with Crippen LogP contribution in [0.15, 0.2) is 47.3 Å². The van der Waals surface area contributed by atoms with Crippen molar-refractivity contribution in [3.05, 3.63) is 75.1 Å². The number of nitrogens with one attached hydrogen (secondary N) is 2. The van der Waals surface area contributed by atoms with E-state index in [0.717, 1.165) is 34.1 Å². The molecule has 3 rings (SSSR count). The molecule has 2 N–H and O–H groups in total. The SMILES string of the molecule is CCc1ccccc1NCc1cc2ccc(C)c(C)c2[nH]c1=O. The van der Waals surface area contributed by atoms with Gasteiger partial charge < -0.3 is 10.3 Å². The summed E-state index contributed by atoms with van der Waals surface area (Å²) in [5, 5.41) is 4.47. The summed E-state index contributed by atoms with van der Waals surface area (Å²) in [7, 11) is 0. The lowest BCUT2D eigenvalue weighted by molar-refractivity contribution is 1.06. The maximum absolute atomic E-state index is 12.4. The van der Waals surface area contributed by atoms with Crippen molar-refractivity contribution < 1.29 is 0 Å². The zero-order chi connectivity index (χ0) is 16.4. The molecule has 3 nitrogen and oxygen atoms in total. The maximum atomic E-state index is 12.4. The summed E-state index contributed by atoms with van der Waals surface area (Å²) in [5.74, 6) is 0. The van der Waals surface area contributed by atoms with Crippen LogP contribution in [0.5, 0.6) is 0 Å². The van der Waals surface area contributed by atoms with E-state index in [2.05, 4.69) is 48.4 Å². The third kappa shape index (κ3) is 3.00. The Balaban J connectivity index is 1.93. The zero-order valence-electron chi connectivity index (χ0n) is 13.9. The van der Waals surface area contributed by atoms with Crippen LogP contribution in [0.4, 0.5) is 5.69 Å². The Morgan fingerprint density at radius 2 is 1.83 bits per heavy atom. The van der Waals surface area contributed by atoms with E-state index < -0.39 is 0 Å². The molecule has 0 radical (unpaired) electrons. The highest BCUT2D eigenvalue weighted by atomic mass is 16.1. The van der Waals surface area contributed by atoms with Gasteiger partial charge in [-0.3, -0.25) is 4.79 Å². The van der Waals surface area contributed by atoms with Crippen LogP contribution in [-0.2, 0) is 13.0 Å². The van der Waals surface area contributed by atoms with E-state index in [9.17, 15) is 4.79 Å². The minimum atomic E-state index is -0.0207. The summed E-state index contributed by atoms with van der Waals surface area (Å²) in [5.41, 5.74) is 6.35. The summed E-state index contributed by atoms with van der Waals surface area (Å²) in [4.78, 5) is 15.4. The van der Waals surface area contributed by atoms with Crippen LogP contribution in [0.25, 0.3) is 10.9 Å². The normalized spacial score (nSPS) is 10.9. The number of fused-ring (bicyclic) bond motifs is 1. The molecule has 3 heteroatoms.